The van der Waals surface area contributed by atoms with Crippen LogP contribution in [0.2, 0.25) is 5.02 Å². The Bertz CT molecular complexity index is 747. The van der Waals surface area contributed by atoms with Crippen LogP contribution in [0.15, 0.2) is 36.5 Å². The van der Waals surface area contributed by atoms with E-state index in [0.717, 1.165) is 29.0 Å². The summed E-state index contributed by atoms with van der Waals surface area (Å²) in [5, 5.41) is 3.85. The van der Waals surface area contributed by atoms with E-state index < -0.39 is 0 Å². The highest BCUT2D eigenvalue weighted by molar-refractivity contribution is 6.31. The third-order valence-corrected chi connectivity index (χ3v) is 4.72. The second kappa shape index (κ2) is 5.29. The van der Waals surface area contributed by atoms with E-state index in [2.05, 4.69) is 16.4 Å². The number of fused-ring (bicyclic) bond motifs is 2. The van der Waals surface area contributed by atoms with Crippen molar-refractivity contribution in [3.05, 3.63) is 58.2 Å². The highest BCUT2D eigenvalue weighted by atomic mass is 35.5. The van der Waals surface area contributed by atoms with E-state index in [4.69, 9.17) is 16.3 Å². The second-order valence-electron chi connectivity index (χ2n) is 5.67. The monoisotopic (exact) mass is 314 g/mol. The smallest absolute Gasteiger partial charge is 0.231 e. The zero-order valence-corrected chi connectivity index (χ0v) is 12.6. The summed E-state index contributed by atoms with van der Waals surface area (Å²) in [6, 6.07) is 9.62. The molecule has 2 aliphatic rings. The van der Waals surface area contributed by atoms with Crippen LogP contribution >= 0.6 is 11.6 Å². The van der Waals surface area contributed by atoms with Gasteiger partial charge in [0.1, 0.15) is 12.5 Å². The number of amides is 1. The highest BCUT2D eigenvalue weighted by Crippen LogP contribution is 2.38. The molecule has 4 rings (SSSR count). The van der Waals surface area contributed by atoms with Crippen LogP contribution in [-0.4, -0.2) is 17.5 Å². The van der Waals surface area contributed by atoms with E-state index in [-0.39, 0.29) is 17.9 Å². The average molecular weight is 315 g/mol. The molecule has 1 aromatic heterocycles. The molecule has 0 saturated carbocycles. The lowest BCUT2D eigenvalue weighted by atomic mass is 10.0. The lowest BCUT2D eigenvalue weighted by molar-refractivity contribution is -0.123. The van der Waals surface area contributed by atoms with Crippen LogP contribution in [0.3, 0.4) is 0 Å². The molecule has 0 radical (unpaired) electrons. The molecule has 1 N–H and O–H groups in total. The SMILES string of the molecule is O=C(N[C@@H]1CCc2cccc(Cl)c21)[C@@H]1COc2ncccc21. The van der Waals surface area contributed by atoms with Crippen LogP contribution in [-0.2, 0) is 11.2 Å². The van der Waals surface area contributed by atoms with Crippen molar-refractivity contribution in [2.75, 3.05) is 6.61 Å². The van der Waals surface area contributed by atoms with Gasteiger partial charge >= 0.3 is 0 Å². The first-order chi connectivity index (χ1) is 10.7. The number of nitrogens with zero attached hydrogens (tertiary/aromatic N) is 1. The third-order valence-electron chi connectivity index (χ3n) is 4.39. The fraction of sp³-hybridized carbons (Fsp3) is 0.294. The van der Waals surface area contributed by atoms with Crippen LogP contribution in [0.1, 0.15) is 35.1 Å². The Balaban J connectivity index is 1.56. The highest BCUT2D eigenvalue weighted by Gasteiger charge is 2.34. The molecule has 22 heavy (non-hydrogen) atoms. The molecule has 2 atom stereocenters. The van der Waals surface area contributed by atoms with Gasteiger partial charge in [0, 0.05) is 16.8 Å². The van der Waals surface area contributed by atoms with Crippen molar-refractivity contribution in [1.29, 1.82) is 0 Å². The van der Waals surface area contributed by atoms with E-state index in [9.17, 15) is 4.79 Å². The number of ether oxygens (including phenoxy) is 1. The minimum Gasteiger partial charge on any atom is -0.476 e. The molecule has 5 heteroatoms. The van der Waals surface area contributed by atoms with Crippen LogP contribution in [0.4, 0.5) is 0 Å². The molecule has 0 spiro atoms. The van der Waals surface area contributed by atoms with Gasteiger partial charge in [0.05, 0.1) is 6.04 Å². The van der Waals surface area contributed by atoms with E-state index in [1.807, 2.05) is 24.3 Å². The Labute approximate surface area is 133 Å². The molecular formula is C17H15ClN2O2. The molecule has 0 unspecified atom stereocenters. The largest absolute Gasteiger partial charge is 0.476 e. The quantitative estimate of drug-likeness (QED) is 0.927. The molecule has 1 aliphatic carbocycles. The van der Waals surface area contributed by atoms with Gasteiger partial charge in [-0.25, -0.2) is 4.98 Å². The zero-order chi connectivity index (χ0) is 15.1. The van der Waals surface area contributed by atoms with Crippen molar-refractivity contribution in [3.63, 3.8) is 0 Å². The van der Waals surface area contributed by atoms with Crippen LogP contribution in [0, 0.1) is 0 Å². The first-order valence-corrected chi connectivity index (χ1v) is 7.77. The van der Waals surface area contributed by atoms with Gasteiger partial charge in [0.2, 0.25) is 11.8 Å². The van der Waals surface area contributed by atoms with Crippen LogP contribution in [0.5, 0.6) is 5.88 Å². The maximum absolute atomic E-state index is 12.6. The average Bonchev–Trinajstić information content (AvgIpc) is 3.12. The van der Waals surface area contributed by atoms with Crippen molar-refractivity contribution >= 4 is 17.5 Å². The van der Waals surface area contributed by atoms with Gasteiger partial charge in [-0.1, -0.05) is 29.8 Å². The van der Waals surface area contributed by atoms with Crippen LogP contribution < -0.4 is 10.1 Å². The molecule has 112 valence electrons. The van der Waals surface area contributed by atoms with Crippen molar-refractivity contribution in [1.82, 2.24) is 10.3 Å². The van der Waals surface area contributed by atoms with Crippen molar-refractivity contribution < 1.29 is 9.53 Å². The Morgan fingerprint density at radius 2 is 2.23 bits per heavy atom. The van der Waals surface area contributed by atoms with Crippen LogP contribution in [0.25, 0.3) is 0 Å². The molecule has 4 nitrogen and oxygen atoms in total. The number of halogens is 1. The summed E-state index contributed by atoms with van der Waals surface area (Å²) in [7, 11) is 0. The Kier molecular flexibility index (Phi) is 3.26. The summed E-state index contributed by atoms with van der Waals surface area (Å²) in [6.45, 7) is 0.347. The summed E-state index contributed by atoms with van der Waals surface area (Å²) >= 11 is 6.30. The number of nitrogens with one attached hydrogen (secondary N) is 1. The summed E-state index contributed by atoms with van der Waals surface area (Å²) in [6.07, 6.45) is 3.50. The standard InChI is InChI=1S/C17H15ClN2O2/c18-13-5-1-3-10-6-7-14(15(10)13)20-16(21)12-9-22-17-11(12)4-2-8-19-17/h1-5,8,12,14H,6-7,9H2,(H,20,21)/t12-,14-/m1/s1. The second-order valence-corrected chi connectivity index (χ2v) is 6.08. The van der Waals surface area contributed by atoms with Gasteiger partial charge in [-0.05, 0) is 36.1 Å². The molecule has 2 aromatic rings. The first kappa shape index (κ1) is 13.6. The number of aromatic nitrogens is 1. The van der Waals surface area contributed by atoms with Gasteiger partial charge in [-0.2, -0.15) is 0 Å². The van der Waals surface area contributed by atoms with Gasteiger partial charge < -0.3 is 10.1 Å². The molecule has 1 aromatic carbocycles. The van der Waals surface area contributed by atoms with Gasteiger partial charge in [0.15, 0.2) is 0 Å². The van der Waals surface area contributed by atoms with Crippen molar-refractivity contribution in [3.8, 4) is 5.88 Å². The Morgan fingerprint density at radius 1 is 1.32 bits per heavy atom. The number of hydrogen-bond donors (Lipinski definition) is 1. The van der Waals surface area contributed by atoms with Gasteiger partial charge in [-0.3, -0.25) is 4.79 Å². The summed E-state index contributed by atoms with van der Waals surface area (Å²) in [5.41, 5.74) is 3.14. The topological polar surface area (TPSA) is 51.2 Å². The van der Waals surface area contributed by atoms with Crippen molar-refractivity contribution in [2.45, 2.75) is 24.8 Å². The van der Waals surface area contributed by atoms with Gasteiger partial charge in [-0.15, -0.1) is 0 Å². The molecule has 1 amide bonds. The zero-order valence-electron chi connectivity index (χ0n) is 11.9. The summed E-state index contributed by atoms with van der Waals surface area (Å²) < 4.78 is 5.49. The number of benzene rings is 1. The molecule has 0 bridgehead atoms. The van der Waals surface area contributed by atoms with E-state index in [0.29, 0.717) is 12.5 Å². The lowest BCUT2D eigenvalue weighted by Crippen LogP contribution is -2.32. The third kappa shape index (κ3) is 2.15. The molecule has 2 heterocycles. The summed E-state index contributed by atoms with van der Waals surface area (Å²) in [4.78, 5) is 16.8. The number of aryl methyl sites for hydroxylation is 1. The maximum atomic E-state index is 12.6. The Morgan fingerprint density at radius 3 is 3.14 bits per heavy atom. The fourth-order valence-corrected chi connectivity index (χ4v) is 3.63. The minimum absolute atomic E-state index is 0.0167. The Hall–Kier alpha value is -2.07. The molecular weight excluding hydrogens is 300 g/mol. The van der Waals surface area contributed by atoms with E-state index in [1.165, 1.54) is 5.56 Å². The lowest BCUT2D eigenvalue weighted by Gasteiger charge is -2.17. The van der Waals surface area contributed by atoms with E-state index in [1.54, 1.807) is 6.20 Å². The summed E-state index contributed by atoms with van der Waals surface area (Å²) in [5.74, 6) is 0.243. The number of carbonyl (C=O) groups excluding carboxylic acids is 1. The predicted molar refractivity (Wildman–Crippen MR) is 83.1 cm³/mol. The molecule has 1 aliphatic heterocycles. The molecule has 0 fully saturated rings. The number of hydrogen-bond acceptors (Lipinski definition) is 3. The van der Waals surface area contributed by atoms with Gasteiger partial charge in [0.25, 0.3) is 0 Å². The molecule has 0 saturated heterocycles. The number of carbonyl (C=O) groups is 1. The number of rotatable bonds is 2. The van der Waals surface area contributed by atoms with Crippen molar-refractivity contribution in [2.24, 2.45) is 0 Å². The minimum atomic E-state index is -0.296. The predicted octanol–water partition coefficient (Wildman–Crippen LogP) is 3.01. The normalized spacial score (nSPS) is 21.9. The number of pyridine rings is 1. The van der Waals surface area contributed by atoms with E-state index >= 15 is 0 Å². The first-order valence-electron chi connectivity index (χ1n) is 7.39. The maximum Gasteiger partial charge on any atom is 0.231 e. The fourth-order valence-electron chi connectivity index (χ4n) is 3.31.